The molecule has 2 heteroatoms. The largest absolute Gasteiger partial charge is 0.314 e. The fraction of sp³-hybridized carbons (Fsp3) is 1.00. The molecule has 1 aliphatic carbocycles. The summed E-state index contributed by atoms with van der Waals surface area (Å²) < 4.78 is 0. The van der Waals surface area contributed by atoms with Crippen molar-refractivity contribution in [1.29, 1.82) is 0 Å². The zero-order chi connectivity index (χ0) is 14.3. The molecule has 19 heavy (non-hydrogen) atoms. The number of hydrogen-bond donors (Lipinski definition) is 1. The standard InChI is InChI=1S/C17H36N2/c1-6-8-15-9-10-17(18-11-7-2)16(12-15)13-19(5)14(3)4/h14-18H,6-13H2,1-5H3. The van der Waals surface area contributed by atoms with Crippen LogP contribution in [0.25, 0.3) is 0 Å². The van der Waals surface area contributed by atoms with Gasteiger partial charge in [-0.2, -0.15) is 0 Å². The molecule has 0 aromatic rings. The van der Waals surface area contributed by atoms with Crippen molar-refractivity contribution in [3.63, 3.8) is 0 Å². The van der Waals surface area contributed by atoms with E-state index in [0.717, 1.165) is 17.9 Å². The zero-order valence-corrected chi connectivity index (χ0v) is 13.9. The summed E-state index contributed by atoms with van der Waals surface area (Å²) in [5.41, 5.74) is 0. The Morgan fingerprint density at radius 1 is 1.16 bits per heavy atom. The highest BCUT2D eigenvalue weighted by Gasteiger charge is 2.30. The maximum Gasteiger partial charge on any atom is 0.0108 e. The summed E-state index contributed by atoms with van der Waals surface area (Å²) in [6.45, 7) is 11.7. The average molecular weight is 268 g/mol. The summed E-state index contributed by atoms with van der Waals surface area (Å²) in [6, 6.07) is 1.42. The molecule has 1 N–H and O–H groups in total. The molecule has 0 aromatic carbocycles. The van der Waals surface area contributed by atoms with Gasteiger partial charge in [-0.15, -0.1) is 0 Å². The monoisotopic (exact) mass is 268 g/mol. The van der Waals surface area contributed by atoms with Crippen LogP contribution in [0.2, 0.25) is 0 Å². The minimum Gasteiger partial charge on any atom is -0.314 e. The van der Waals surface area contributed by atoms with Crippen molar-refractivity contribution in [3.05, 3.63) is 0 Å². The van der Waals surface area contributed by atoms with Gasteiger partial charge in [0.1, 0.15) is 0 Å². The second kappa shape index (κ2) is 8.97. The van der Waals surface area contributed by atoms with Gasteiger partial charge in [-0.05, 0) is 65.0 Å². The van der Waals surface area contributed by atoms with Gasteiger partial charge in [0.05, 0.1) is 0 Å². The summed E-state index contributed by atoms with van der Waals surface area (Å²) in [6.07, 6.45) is 8.30. The minimum atomic E-state index is 0.665. The normalized spacial score (nSPS) is 28.3. The first kappa shape index (κ1) is 17.0. The Balaban J connectivity index is 2.54. The Bertz CT molecular complexity index is 227. The first-order valence-corrected chi connectivity index (χ1v) is 8.52. The molecule has 1 fully saturated rings. The SMILES string of the molecule is CCCNC1CCC(CCC)CC1CN(C)C(C)C. The van der Waals surface area contributed by atoms with Crippen LogP contribution in [0, 0.1) is 11.8 Å². The highest BCUT2D eigenvalue weighted by molar-refractivity contribution is 4.86. The van der Waals surface area contributed by atoms with Crippen LogP contribution in [0.5, 0.6) is 0 Å². The lowest BCUT2D eigenvalue weighted by Crippen LogP contribution is -2.46. The molecule has 0 heterocycles. The van der Waals surface area contributed by atoms with Crippen molar-refractivity contribution >= 4 is 0 Å². The Kier molecular flexibility index (Phi) is 8.01. The molecule has 3 atom stereocenters. The van der Waals surface area contributed by atoms with E-state index in [1.165, 1.54) is 51.6 Å². The van der Waals surface area contributed by atoms with Gasteiger partial charge in [0.15, 0.2) is 0 Å². The van der Waals surface area contributed by atoms with Crippen molar-refractivity contribution in [3.8, 4) is 0 Å². The predicted molar refractivity (Wildman–Crippen MR) is 85.6 cm³/mol. The van der Waals surface area contributed by atoms with E-state index in [-0.39, 0.29) is 0 Å². The van der Waals surface area contributed by atoms with Crippen LogP contribution in [0.3, 0.4) is 0 Å². The van der Waals surface area contributed by atoms with Gasteiger partial charge >= 0.3 is 0 Å². The number of rotatable bonds is 8. The van der Waals surface area contributed by atoms with Gasteiger partial charge in [0.25, 0.3) is 0 Å². The fourth-order valence-corrected chi connectivity index (χ4v) is 3.41. The van der Waals surface area contributed by atoms with Crippen molar-refractivity contribution in [2.75, 3.05) is 20.1 Å². The van der Waals surface area contributed by atoms with E-state index in [2.05, 4.69) is 45.0 Å². The highest BCUT2D eigenvalue weighted by atomic mass is 15.1. The van der Waals surface area contributed by atoms with E-state index >= 15 is 0 Å². The molecular formula is C17H36N2. The van der Waals surface area contributed by atoms with E-state index in [0.29, 0.717) is 6.04 Å². The van der Waals surface area contributed by atoms with Gasteiger partial charge in [0, 0.05) is 18.6 Å². The third-order valence-electron chi connectivity index (χ3n) is 4.85. The molecule has 114 valence electrons. The fourth-order valence-electron chi connectivity index (χ4n) is 3.41. The third-order valence-corrected chi connectivity index (χ3v) is 4.85. The molecule has 3 unspecified atom stereocenters. The maximum absolute atomic E-state index is 3.80. The van der Waals surface area contributed by atoms with Gasteiger partial charge in [-0.3, -0.25) is 0 Å². The molecule has 0 amide bonds. The molecule has 0 saturated heterocycles. The Morgan fingerprint density at radius 2 is 1.89 bits per heavy atom. The van der Waals surface area contributed by atoms with Crippen molar-refractivity contribution in [1.82, 2.24) is 10.2 Å². The predicted octanol–water partition coefficient (Wildman–Crippen LogP) is 3.91. The summed E-state index contributed by atoms with van der Waals surface area (Å²) >= 11 is 0. The lowest BCUT2D eigenvalue weighted by molar-refractivity contribution is 0.135. The smallest absolute Gasteiger partial charge is 0.0108 e. The van der Waals surface area contributed by atoms with Crippen LogP contribution in [-0.2, 0) is 0 Å². The minimum absolute atomic E-state index is 0.665. The van der Waals surface area contributed by atoms with Crippen molar-refractivity contribution in [2.45, 2.75) is 78.3 Å². The van der Waals surface area contributed by atoms with E-state index in [1.54, 1.807) is 0 Å². The van der Waals surface area contributed by atoms with Gasteiger partial charge < -0.3 is 10.2 Å². The first-order chi connectivity index (χ1) is 9.08. The quantitative estimate of drug-likeness (QED) is 0.718. The van der Waals surface area contributed by atoms with Gasteiger partial charge in [0.2, 0.25) is 0 Å². The topological polar surface area (TPSA) is 15.3 Å². The van der Waals surface area contributed by atoms with Gasteiger partial charge in [-0.1, -0.05) is 26.7 Å². The van der Waals surface area contributed by atoms with Crippen LogP contribution in [-0.4, -0.2) is 37.1 Å². The molecule has 0 bridgehead atoms. The molecule has 1 saturated carbocycles. The highest BCUT2D eigenvalue weighted by Crippen LogP contribution is 2.32. The van der Waals surface area contributed by atoms with Crippen LogP contribution in [0.15, 0.2) is 0 Å². The average Bonchev–Trinajstić information content (AvgIpc) is 2.38. The molecular weight excluding hydrogens is 232 g/mol. The number of nitrogens with zero attached hydrogens (tertiary/aromatic N) is 1. The molecule has 0 radical (unpaired) electrons. The first-order valence-electron chi connectivity index (χ1n) is 8.52. The molecule has 1 rings (SSSR count). The second-order valence-electron chi connectivity index (χ2n) is 6.82. The van der Waals surface area contributed by atoms with E-state index in [9.17, 15) is 0 Å². The Labute approximate surface area is 121 Å². The van der Waals surface area contributed by atoms with E-state index in [1.807, 2.05) is 0 Å². The van der Waals surface area contributed by atoms with Gasteiger partial charge in [-0.25, -0.2) is 0 Å². The third kappa shape index (κ3) is 5.83. The summed E-state index contributed by atoms with van der Waals surface area (Å²) in [7, 11) is 2.28. The van der Waals surface area contributed by atoms with E-state index in [4.69, 9.17) is 0 Å². The second-order valence-corrected chi connectivity index (χ2v) is 6.82. The summed E-state index contributed by atoms with van der Waals surface area (Å²) in [4.78, 5) is 2.53. The van der Waals surface area contributed by atoms with Crippen LogP contribution in [0.1, 0.15) is 66.2 Å². The van der Waals surface area contributed by atoms with Crippen LogP contribution < -0.4 is 5.32 Å². The van der Waals surface area contributed by atoms with Crippen LogP contribution in [0.4, 0.5) is 0 Å². The van der Waals surface area contributed by atoms with Crippen molar-refractivity contribution in [2.24, 2.45) is 11.8 Å². The number of hydrogen-bond acceptors (Lipinski definition) is 2. The van der Waals surface area contributed by atoms with Crippen molar-refractivity contribution < 1.29 is 0 Å². The maximum atomic E-state index is 3.80. The summed E-state index contributed by atoms with van der Waals surface area (Å²) in [5, 5.41) is 3.80. The van der Waals surface area contributed by atoms with E-state index < -0.39 is 0 Å². The number of nitrogens with one attached hydrogen (secondary N) is 1. The zero-order valence-electron chi connectivity index (χ0n) is 13.9. The molecule has 0 spiro atoms. The Hall–Kier alpha value is -0.0800. The summed E-state index contributed by atoms with van der Waals surface area (Å²) in [5.74, 6) is 1.83. The Morgan fingerprint density at radius 3 is 2.47 bits per heavy atom. The lowest BCUT2D eigenvalue weighted by Gasteiger charge is -2.39. The van der Waals surface area contributed by atoms with Crippen LogP contribution >= 0.6 is 0 Å². The molecule has 1 aliphatic rings. The molecule has 2 nitrogen and oxygen atoms in total. The molecule has 0 aromatic heterocycles. The lowest BCUT2D eigenvalue weighted by atomic mass is 9.76. The molecule has 0 aliphatic heterocycles.